The number of rotatable bonds is 4. The Morgan fingerprint density at radius 2 is 1.57 bits per heavy atom. The number of nitrogens with one attached hydrogen (secondary N) is 3. The van der Waals surface area contributed by atoms with E-state index in [0.29, 0.717) is 17.4 Å². The molecule has 23 heavy (non-hydrogen) atoms. The lowest BCUT2D eigenvalue weighted by Gasteiger charge is -2.09. The van der Waals surface area contributed by atoms with Crippen LogP contribution < -0.4 is 15.4 Å². The van der Waals surface area contributed by atoms with E-state index in [2.05, 4.69) is 15.4 Å². The molecule has 0 saturated heterocycles. The van der Waals surface area contributed by atoms with Gasteiger partial charge in [-0.1, -0.05) is 0 Å². The number of amides is 2. The molecule has 0 aliphatic heterocycles. The van der Waals surface area contributed by atoms with E-state index >= 15 is 0 Å². The molecule has 0 aromatic heterocycles. The number of halogens is 2. The first-order valence-corrected chi connectivity index (χ1v) is 8.23. The molecule has 0 unspecified atom stereocenters. The average molecular weight is 341 g/mol. The van der Waals surface area contributed by atoms with E-state index < -0.39 is 27.7 Å². The standard InChI is InChI=1S/C14H13F2N3O3S/c1-23(21,22)19-11-5-3-10(4-6-11)17-14(20)18-13-7-2-9(15)8-12(13)16/h2-8,19H,1H3,(H2,17,18,20). The minimum absolute atomic E-state index is 0.167. The molecule has 0 spiro atoms. The predicted octanol–water partition coefficient (Wildman–Crippen LogP) is 2.98. The van der Waals surface area contributed by atoms with Gasteiger partial charge in [0.1, 0.15) is 11.6 Å². The van der Waals surface area contributed by atoms with Gasteiger partial charge in [0.25, 0.3) is 0 Å². The maximum atomic E-state index is 13.4. The summed E-state index contributed by atoms with van der Waals surface area (Å²) in [5.41, 5.74) is 0.534. The van der Waals surface area contributed by atoms with Gasteiger partial charge in [-0.05, 0) is 36.4 Å². The van der Waals surface area contributed by atoms with E-state index in [1.807, 2.05) is 0 Å². The van der Waals surface area contributed by atoms with Gasteiger partial charge in [-0.3, -0.25) is 4.72 Å². The van der Waals surface area contributed by atoms with Crippen molar-refractivity contribution in [1.82, 2.24) is 0 Å². The van der Waals surface area contributed by atoms with E-state index in [4.69, 9.17) is 0 Å². The summed E-state index contributed by atoms with van der Waals surface area (Å²) in [6.07, 6.45) is 1.02. The summed E-state index contributed by atoms with van der Waals surface area (Å²) in [5.74, 6) is -1.64. The molecule has 0 aliphatic rings. The fraction of sp³-hybridized carbons (Fsp3) is 0.0714. The van der Waals surface area contributed by atoms with Crippen LogP contribution in [0, 0.1) is 11.6 Å². The van der Waals surface area contributed by atoms with Crippen molar-refractivity contribution in [2.75, 3.05) is 21.6 Å². The molecule has 0 atom stereocenters. The first kappa shape index (κ1) is 16.7. The van der Waals surface area contributed by atoms with Gasteiger partial charge in [0.15, 0.2) is 0 Å². The second-order valence-electron chi connectivity index (χ2n) is 4.65. The van der Waals surface area contributed by atoms with Crippen LogP contribution in [-0.2, 0) is 10.0 Å². The number of carbonyl (C=O) groups excluding carboxylic acids is 1. The van der Waals surface area contributed by atoms with Gasteiger partial charge in [-0.15, -0.1) is 0 Å². The highest BCUT2D eigenvalue weighted by molar-refractivity contribution is 7.92. The Hall–Kier alpha value is -2.68. The van der Waals surface area contributed by atoms with Gasteiger partial charge in [0.2, 0.25) is 10.0 Å². The number of benzene rings is 2. The van der Waals surface area contributed by atoms with Crippen molar-refractivity contribution in [1.29, 1.82) is 0 Å². The largest absolute Gasteiger partial charge is 0.323 e. The summed E-state index contributed by atoms with van der Waals surface area (Å²) in [5, 5.41) is 4.67. The lowest BCUT2D eigenvalue weighted by molar-refractivity contribution is 0.262. The highest BCUT2D eigenvalue weighted by atomic mass is 32.2. The molecule has 122 valence electrons. The van der Waals surface area contributed by atoms with Gasteiger partial charge in [0, 0.05) is 17.4 Å². The molecule has 2 amide bonds. The van der Waals surface area contributed by atoms with E-state index in [1.54, 1.807) is 0 Å². The Balaban J connectivity index is 2.00. The second-order valence-corrected chi connectivity index (χ2v) is 6.40. The molecule has 2 aromatic carbocycles. The summed E-state index contributed by atoms with van der Waals surface area (Å²) >= 11 is 0. The van der Waals surface area contributed by atoms with Gasteiger partial charge >= 0.3 is 6.03 Å². The molecule has 0 saturated carbocycles. The van der Waals surface area contributed by atoms with Crippen LogP contribution in [0.2, 0.25) is 0 Å². The normalized spacial score (nSPS) is 10.9. The van der Waals surface area contributed by atoms with Crippen LogP contribution in [0.4, 0.5) is 30.6 Å². The maximum absolute atomic E-state index is 13.4. The lowest BCUT2D eigenvalue weighted by Crippen LogP contribution is -2.20. The second kappa shape index (κ2) is 6.61. The summed E-state index contributed by atoms with van der Waals surface area (Å²) in [6.45, 7) is 0. The van der Waals surface area contributed by atoms with Gasteiger partial charge in [0.05, 0.1) is 11.9 Å². The number of sulfonamides is 1. The Bertz CT molecular complexity index is 824. The topological polar surface area (TPSA) is 87.3 Å². The van der Waals surface area contributed by atoms with Crippen molar-refractivity contribution in [2.24, 2.45) is 0 Å². The Kier molecular flexibility index (Phi) is 4.80. The third-order valence-electron chi connectivity index (χ3n) is 2.63. The first-order valence-electron chi connectivity index (χ1n) is 6.34. The predicted molar refractivity (Wildman–Crippen MR) is 83.9 cm³/mol. The minimum atomic E-state index is -3.38. The van der Waals surface area contributed by atoms with Gasteiger partial charge < -0.3 is 10.6 Å². The number of carbonyl (C=O) groups is 1. The summed E-state index contributed by atoms with van der Waals surface area (Å²) in [4.78, 5) is 11.7. The van der Waals surface area contributed by atoms with Crippen LogP contribution >= 0.6 is 0 Å². The van der Waals surface area contributed by atoms with E-state index in [0.717, 1.165) is 18.4 Å². The van der Waals surface area contributed by atoms with Gasteiger partial charge in [-0.25, -0.2) is 22.0 Å². The zero-order chi connectivity index (χ0) is 17.0. The Morgan fingerprint density at radius 1 is 0.957 bits per heavy atom. The molecule has 0 heterocycles. The molecule has 0 fully saturated rings. The van der Waals surface area contributed by atoms with Crippen molar-refractivity contribution in [3.63, 3.8) is 0 Å². The highest BCUT2D eigenvalue weighted by Crippen LogP contribution is 2.17. The van der Waals surface area contributed by atoms with E-state index in [1.165, 1.54) is 24.3 Å². The summed E-state index contributed by atoms with van der Waals surface area (Å²) in [7, 11) is -3.38. The number of urea groups is 1. The fourth-order valence-electron chi connectivity index (χ4n) is 1.71. The van der Waals surface area contributed by atoms with Crippen molar-refractivity contribution in [2.45, 2.75) is 0 Å². The van der Waals surface area contributed by atoms with Gasteiger partial charge in [-0.2, -0.15) is 0 Å². The molecule has 3 N–H and O–H groups in total. The Morgan fingerprint density at radius 3 is 2.13 bits per heavy atom. The van der Waals surface area contributed by atoms with Crippen LogP contribution in [0.3, 0.4) is 0 Å². The third-order valence-corrected chi connectivity index (χ3v) is 3.23. The molecule has 2 rings (SSSR count). The maximum Gasteiger partial charge on any atom is 0.323 e. The van der Waals surface area contributed by atoms with E-state index in [9.17, 15) is 22.0 Å². The molecule has 9 heteroatoms. The molecular formula is C14H13F2N3O3S. The highest BCUT2D eigenvalue weighted by Gasteiger charge is 2.08. The van der Waals surface area contributed by atoms with Crippen molar-refractivity contribution < 1.29 is 22.0 Å². The zero-order valence-corrected chi connectivity index (χ0v) is 12.7. The summed E-state index contributed by atoms with van der Waals surface area (Å²) < 4.78 is 50.6. The van der Waals surface area contributed by atoms with Crippen LogP contribution in [0.1, 0.15) is 0 Å². The van der Waals surface area contributed by atoms with Crippen molar-refractivity contribution in [3.05, 3.63) is 54.1 Å². The zero-order valence-electron chi connectivity index (χ0n) is 11.9. The van der Waals surface area contributed by atoms with Crippen LogP contribution in [0.5, 0.6) is 0 Å². The molecule has 0 bridgehead atoms. The van der Waals surface area contributed by atoms with Crippen LogP contribution in [0.25, 0.3) is 0 Å². The van der Waals surface area contributed by atoms with Crippen LogP contribution in [-0.4, -0.2) is 20.7 Å². The Labute approximate surface area is 131 Å². The van der Waals surface area contributed by atoms with E-state index in [-0.39, 0.29) is 5.69 Å². The number of hydrogen-bond acceptors (Lipinski definition) is 3. The van der Waals surface area contributed by atoms with Crippen LogP contribution in [0.15, 0.2) is 42.5 Å². The number of anilines is 3. The van der Waals surface area contributed by atoms with Crippen molar-refractivity contribution in [3.8, 4) is 0 Å². The monoisotopic (exact) mass is 341 g/mol. The summed E-state index contributed by atoms with van der Waals surface area (Å²) in [6, 6.07) is 7.89. The fourth-order valence-corrected chi connectivity index (χ4v) is 2.28. The SMILES string of the molecule is CS(=O)(=O)Nc1ccc(NC(=O)Nc2ccc(F)cc2F)cc1. The smallest absolute Gasteiger partial charge is 0.308 e. The quantitative estimate of drug-likeness (QED) is 0.799. The van der Waals surface area contributed by atoms with Crippen molar-refractivity contribution >= 4 is 33.1 Å². The average Bonchev–Trinajstić information content (AvgIpc) is 2.42. The molecule has 0 aliphatic carbocycles. The third kappa shape index (κ3) is 5.22. The molecule has 6 nitrogen and oxygen atoms in total. The molecular weight excluding hydrogens is 328 g/mol. The lowest BCUT2D eigenvalue weighted by atomic mass is 10.3. The molecule has 2 aromatic rings. The first-order chi connectivity index (χ1) is 10.7. The number of hydrogen-bond donors (Lipinski definition) is 3. The minimum Gasteiger partial charge on any atom is -0.308 e. The molecule has 0 radical (unpaired) electrons.